The number of anilines is 1. The Hall–Kier alpha value is -2.45. The first kappa shape index (κ1) is 21.8. The van der Waals surface area contributed by atoms with Crippen molar-refractivity contribution in [3.63, 3.8) is 0 Å². The molecular formula is C19H20ClFN2O4S. The van der Waals surface area contributed by atoms with E-state index in [9.17, 15) is 18.8 Å². The number of hydrogen-bond acceptors (Lipinski definition) is 5. The van der Waals surface area contributed by atoms with Crippen molar-refractivity contribution in [2.45, 2.75) is 32.7 Å². The maximum atomic E-state index is 13.1. The van der Waals surface area contributed by atoms with Gasteiger partial charge < -0.3 is 15.4 Å². The molecule has 0 bridgehead atoms. The van der Waals surface area contributed by atoms with Gasteiger partial charge in [0, 0.05) is 0 Å². The largest absolute Gasteiger partial charge is 0.467 e. The summed E-state index contributed by atoms with van der Waals surface area (Å²) in [6.45, 7) is 5.06. The van der Waals surface area contributed by atoms with Crippen LogP contribution in [0.2, 0.25) is 5.02 Å². The molecule has 0 aliphatic heterocycles. The van der Waals surface area contributed by atoms with E-state index in [-0.39, 0.29) is 10.6 Å². The lowest BCUT2D eigenvalue weighted by molar-refractivity contribution is -0.147. The maximum Gasteiger partial charge on any atom is 0.331 e. The number of thiophene rings is 1. The summed E-state index contributed by atoms with van der Waals surface area (Å²) in [4.78, 5) is 37.3. The fourth-order valence-corrected chi connectivity index (χ4v) is 3.65. The predicted octanol–water partition coefficient (Wildman–Crippen LogP) is 4.17. The van der Waals surface area contributed by atoms with Gasteiger partial charge >= 0.3 is 5.97 Å². The standard InChI is InChI=1S/C19H20ClFN2O4S/c1-5-19(3,18(26)27-4)23-17(25)15-10(2)8-14(28-15)22-16(24)12-7-6-11(21)9-13(12)20/h6-9H,5H2,1-4H3,(H,22,24)(H,23,25). The average Bonchev–Trinajstić information content (AvgIpc) is 3.00. The van der Waals surface area contributed by atoms with Crippen LogP contribution in [0.15, 0.2) is 24.3 Å². The van der Waals surface area contributed by atoms with Gasteiger partial charge in [0.2, 0.25) is 0 Å². The lowest BCUT2D eigenvalue weighted by atomic mass is 9.99. The van der Waals surface area contributed by atoms with E-state index >= 15 is 0 Å². The quantitative estimate of drug-likeness (QED) is 0.679. The van der Waals surface area contributed by atoms with E-state index in [0.717, 1.165) is 23.5 Å². The minimum absolute atomic E-state index is 0.0134. The summed E-state index contributed by atoms with van der Waals surface area (Å²) in [6, 6.07) is 5.10. The fraction of sp³-hybridized carbons (Fsp3) is 0.316. The summed E-state index contributed by atoms with van der Waals surface area (Å²) in [5, 5.41) is 5.74. The number of methoxy groups -OCH3 is 1. The van der Waals surface area contributed by atoms with Crippen LogP contribution in [0.1, 0.15) is 45.9 Å². The molecule has 0 saturated carbocycles. The van der Waals surface area contributed by atoms with Gasteiger partial charge in [-0.25, -0.2) is 9.18 Å². The molecule has 1 atom stereocenters. The van der Waals surface area contributed by atoms with Crippen LogP contribution in [0.4, 0.5) is 9.39 Å². The normalized spacial score (nSPS) is 12.8. The van der Waals surface area contributed by atoms with E-state index in [4.69, 9.17) is 16.3 Å². The number of esters is 1. The van der Waals surface area contributed by atoms with Crippen molar-refractivity contribution in [1.82, 2.24) is 5.32 Å². The number of halogens is 2. The Morgan fingerprint density at radius 1 is 1.25 bits per heavy atom. The molecule has 150 valence electrons. The third-order valence-corrected chi connectivity index (χ3v) is 5.73. The van der Waals surface area contributed by atoms with Gasteiger partial charge in [0.25, 0.3) is 11.8 Å². The molecule has 1 aromatic heterocycles. The van der Waals surface area contributed by atoms with Crippen molar-refractivity contribution in [1.29, 1.82) is 0 Å². The summed E-state index contributed by atoms with van der Waals surface area (Å²) in [5.41, 5.74) is -0.413. The molecule has 0 spiro atoms. The van der Waals surface area contributed by atoms with Crippen LogP contribution in [0.5, 0.6) is 0 Å². The number of carbonyl (C=O) groups excluding carboxylic acids is 3. The Morgan fingerprint density at radius 3 is 2.50 bits per heavy atom. The van der Waals surface area contributed by atoms with Gasteiger partial charge in [-0.3, -0.25) is 9.59 Å². The number of hydrogen-bond donors (Lipinski definition) is 2. The van der Waals surface area contributed by atoms with Gasteiger partial charge in [0.05, 0.1) is 27.6 Å². The number of benzene rings is 1. The lowest BCUT2D eigenvalue weighted by Crippen LogP contribution is -2.52. The van der Waals surface area contributed by atoms with Crippen LogP contribution >= 0.6 is 22.9 Å². The number of rotatable bonds is 6. The second kappa shape index (κ2) is 8.70. The molecule has 0 aliphatic carbocycles. The Labute approximate surface area is 171 Å². The van der Waals surface area contributed by atoms with Gasteiger partial charge in [-0.15, -0.1) is 11.3 Å². The molecule has 9 heteroatoms. The number of carbonyl (C=O) groups is 3. The van der Waals surface area contributed by atoms with Crippen molar-refractivity contribution < 1.29 is 23.5 Å². The Kier molecular flexibility index (Phi) is 6.79. The van der Waals surface area contributed by atoms with E-state index in [2.05, 4.69) is 10.6 Å². The zero-order valence-electron chi connectivity index (χ0n) is 15.8. The zero-order chi connectivity index (χ0) is 21.1. The highest BCUT2D eigenvalue weighted by Gasteiger charge is 2.35. The minimum atomic E-state index is -1.16. The number of ether oxygens (including phenoxy) is 1. The maximum absolute atomic E-state index is 13.1. The van der Waals surface area contributed by atoms with Crippen molar-refractivity contribution in [2.75, 3.05) is 12.4 Å². The van der Waals surface area contributed by atoms with Crippen LogP contribution in [-0.4, -0.2) is 30.4 Å². The summed E-state index contributed by atoms with van der Waals surface area (Å²) in [6.07, 6.45) is 0.350. The molecule has 1 heterocycles. The third-order valence-electron chi connectivity index (χ3n) is 4.27. The van der Waals surface area contributed by atoms with Gasteiger partial charge in [0.1, 0.15) is 11.4 Å². The molecule has 2 amide bonds. The zero-order valence-corrected chi connectivity index (χ0v) is 17.4. The Morgan fingerprint density at radius 2 is 1.93 bits per heavy atom. The number of aryl methyl sites for hydroxylation is 1. The molecule has 1 unspecified atom stereocenters. The summed E-state index contributed by atoms with van der Waals surface area (Å²) >= 11 is 6.96. The van der Waals surface area contributed by atoms with Crippen molar-refractivity contribution in [2.24, 2.45) is 0 Å². The van der Waals surface area contributed by atoms with Crippen molar-refractivity contribution in [3.8, 4) is 0 Å². The van der Waals surface area contributed by atoms with E-state index in [0.29, 0.717) is 21.9 Å². The SMILES string of the molecule is CCC(C)(NC(=O)c1sc(NC(=O)c2ccc(F)cc2Cl)cc1C)C(=O)OC. The summed E-state index contributed by atoms with van der Waals surface area (Å²) < 4.78 is 17.9. The third kappa shape index (κ3) is 4.69. The first-order valence-electron chi connectivity index (χ1n) is 8.39. The Balaban J connectivity index is 2.19. The van der Waals surface area contributed by atoms with Gasteiger partial charge in [-0.1, -0.05) is 18.5 Å². The second-order valence-corrected chi connectivity index (χ2v) is 7.79. The van der Waals surface area contributed by atoms with Gasteiger partial charge in [-0.05, 0) is 50.1 Å². The van der Waals surface area contributed by atoms with Crippen molar-refractivity contribution in [3.05, 3.63) is 51.1 Å². The monoisotopic (exact) mass is 426 g/mol. The number of nitrogens with one attached hydrogen (secondary N) is 2. The van der Waals surface area contributed by atoms with Crippen LogP contribution < -0.4 is 10.6 Å². The smallest absolute Gasteiger partial charge is 0.331 e. The number of amides is 2. The highest BCUT2D eigenvalue weighted by molar-refractivity contribution is 7.18. The molecule has 0 aliphatic rings. The molecule has 6 nitrogen and oxygen atoms in total. The second-order valence-electron chi connectivity index (χ2n) is 6.33. The van der Waals surface area contributed by atoms with Crippen LogP contribution in [0.3, 0.4) is 0 Å². The van der Waals surface area contributed by atoms with Gasteiger partial charge in [0.15, 0.2) is 0 Å². The van der Waals surface area contributed by atoms with Crippen LogP contribution in [0, 0.1) is 12.7 Å². The average molecular weight is 427 g/mol. The molecule has 2 N–H and O–H groups in total. The molecule has 28 heavy (non-hydrogen) atoms. The van der Waals surface area contributed by atoms with Crippen LogP contribution in [-0.2, 0) is 9.53 Å². The van der Waals surface area contributed by atoms with Gasteiger partial charge in [-0.2, -0.15) is 0 Å². The van der Waals surface area contributed by atoms with Crippen LogP contribution in [0.25, 0.3) is 0 Å². The summed E-state index contributed by atoms with van der Waals surface area (Å²) in [7, 11) is 1.26. The first-order valence-corrected chi connectivity index (χ1v) is 9.58. The first-order chi connectivity index (χ1) is 13.1. The molecule has 0 radical (unpaired) electrons. The van der Waals surface area contributed by atoms with E-state index in [1.165, 1.54) is 13.2 Å². The minimum Gasteiger partial charge on any atom is -0.467 e. The molecule has 0 fully saturated rings. The molecule has 1 aromatic carbocycles. The van der Waals surface area contributed by atoms with Crippen molar-refractivity contribution >= 4 is 45.7 Å². The highest BCUT2D eigenvalue weighted by Crippen LogP contribution is 2.29. The van der Waals surface area contributed by atoms with E-state index in [1.807, 2.05) is 0 Å². The fourth-order valence-electron chi connectivity index (χ4n) is 2.44. The topological polar surface area (TPSA) is 84.5 Å². The van der Waals surface area contributed by atoms with E-state index < -0.39 is 29.1 Å². The molecule has 2 aromatic rings. The Bertz CT molecular complexity index is 931. The molecular weight excluding hydrogens is 407 g/mol. The lowest BCUT2D eigenvalue weighted by Gasteiger charge is -2.26. The predicted molar refractivity (Wildman–Crippen MR) is 107 cm³/mol. The molecule has 2 rings (SSSR count). The highest BCUT2D eigenvalue weighted by atomic mass is 35.5. The van der Waals surface area contributed by atoms with E-state index in [1.54, 1.807) is 26.8 Å². The summed E-state index contributed by atoms with van der Waals surface area (Å²) in [5.74, 6) is -2.06. The molecule has 0 saturated heterocycles.